The van der Waals surface area contributed by atoms with Gasteiger partial charge >= 0.3 is 26.2 Å². The Kier molecular flexibility index (Phi) is 10.8. The first-order chi connectivity index (χ1) is 20.1. The maximum Gasteiger partial charge on any atom is 3.00 e. The standard InChI is InChI=1S/C41H35.2ClH.Zr/c1-5-28-18-20-34-32(23-28)24-37-36(34)25-38(40(29-13-9-7-10-14-29)30-15-11-8-12-16-30)33(6-2)41(37)39-27(4)22-31-21-26(3)17-19-35(31)39;;;/h7-23,25,39H,5-6H2,1-4H3;2*1H;/q-1;;;+3/p-2. The summed E-state index contributed by atoms with van der Waals surface area (Å²) < 4.78 is 0. The molecule has 0 amide bonds. The molecule has 5 aromatic rings. The minimum atomic E-state index is 0. The van der Waals surface area contributed by atoms with E-state index >= 15 is 0 Å². The SMILES string of the molecule is CCc1ccc2c(c1)[C-]=c1c-2cc(=C(c2ccccc2)c2ccccc2)c(CC)c1C1C(C)=Cc2cc(C)ccc21.[Cl-].[Cl-].[Zr+3]. The van der Waals surface area contributed by atoms with Gasteiger partial charge in [0.25, 0.3) is 0 Å². The van der Waals surface area contributed by atoms with E-state index in [1.807, 2.05) is 0 Å². The zero-order chi connectivity index (χ0) is 28.1. The third kappa shape index (κ3) is 5.76. The van der Waals surface area contributed by atoms with Gasteiger partial charge in [0.2, 0.25) is 0 Å². The Morgan fingerprint density at radius 2 is 1.36 bits per heavy atom. The van der Waals surface area contributed by atoms with Crippen LogP contribution in [0.4, 0.5) is 0 Å². The minimum Gasteiger partial charge on any atom is -1.00 e. The van der Waals surface area contributed by atoms with Crippen LogP contribution in [0.2, 0.25) is 0 Å². The van der Waals surface area contributed by atoms with E-state index in [-0.39, 0.29) is 56.9 Å². The molecule has 0 aromatic heterocycles. The molecule has 0 bridgehead atoms. The zero-order valence-electron chi connectivity index (χ0n) is 25.6. The molecule has 2 aliphatic carbocycles. The van der Waals surface area contributed by atoms with E-state index in [0.29, 0.717) is 0 Å². The second kappa shape index (κ2) is 14.0. The van der Waals surface area contributed by atoms with Crippen molar-refractivity contribution < 1.29 is 51.0 Å². The van der Waals surface area contributed by atoms with Gasteiger partial charge in [-0.05, 0) is 59.7 Å². The summed E-state index contributed by atoms with van der Waals surface area (Å²) in [5.74, 6) is 0.217. The van der Waals surface area contributed by atoms with Crippen LogP contribution in [0.25, 0.3) is 28.9 Å². The normalized spacial score (nSPS) is 13.6. The number of hydrogen-bond acceptors (Lipinski definition) is 0. The van der Waals surface area contributed by atoms with Gasteiger partial charge in [0, 0.05) is 5.92 Å². The Balaban J connectivity index is 0.00000147. The molecule has 7 rings (SSSR count). The molecular formula is C41H35Cl2Zr. The molecule has 3 heteroatoms. The van der Waals surface area contributed by atoms with Crippen molar-refractivity contribution in [2.75, 3.05) is 0 Å². The fraction of sp³-hybridized carbons (Fsp3) is 0.171. The molecular weight excluding hydrogens is 655 g/mol. The Hall–Kier alpha value is -2.96. The Labute approximate surface area is 293 Å². The molecule has 5 aromatic carbocycles. The summed E-state index contributed by atoms with van der Waals surface area (Å²) in [6, 6.07) is 38.3. The van der Waals surface area contributed by atoms with E-state index in [0.717, 1.165) is 12.8 Å². The van der Waals surface area contributed by atoms with Crippen LogP contribution in [-0.4, -0.2) is 0 Å². The van der Waals surface area contributed by atoms with Gasteiger partial charge in [-0.2, -0.15) is 0 Å². The first kappa shape index (κ1) is 33.9. The van der Waals surface area contributed by atoms with E-state index in [2.05, 4.69) is 143 Å². The Morgan fingerprint density at radius 1 is 0.705 bits per heavy atom. The molecule has 1 atom stereocenters. The van der Waals surface area contributed by atoms with Crippen molar-refractivity contribution in [3.8, 4) is 11.1 Å². The average Bonchev–Trinajstić information content (AvgIpc) is 3.53. The second-order valence-electron chi connectivity index (χ2n) is 11.5. The molecule has 0 nitrogen and oxygen atoms in total. The van der Waals surface area contributed by atoms with Gasteiger partial charge in [-0.3, -0.25) is 0 Å². The number of rotatable bonds is 5. The molecule has 0 heterocycles. The molecule has 1 radical (unpaired) electrons. The first-order valence-corrected chi connectivity index (χ1v) is 14.9. The van der Waals surface area contributed by atoms with Crippen LogP contribution >= 0.6 is 0 Å². The van der Waals surface area contributed by atoms with Crippen LogP contribution in [0.15, 0.2) is 109 Å². The summed E-state index contributed by atoms with van der Waals surface area (Å²) >= 11 is 0. The van der Waals surface area contributed by atoms with E-state index in [4.69, 9.17) is 0 Å². The minimum absolute atomic E-state index is 0. The summed E-state index contributed by atoms with van der Waals surface area (Å²) in [4.78, 5) is 0. The van der Waals surface area contributed by atoms with Crippen LogP contribution in [0, 0.1) is 6.92 Å². The van der Waals surface area contributed by atoms with E-state index in [1.54, 1.807) is 0 Å². The van der Waals surface area contributed by atoms with Gasteiger partial charge in [-0.15, -0.1) is 34.1 Å². The third-order valence-corrected chi connectivity index (χ3v) is 8.95. The van der Waals surface area contributed by atoms with Gasteiger partial charge in [0.15, 0.2) is 0 Å². The predicted octanol–water partition coefficient (Wildman–Crippen LogP) is 2.61. The zero-order valence-corrected chi connectivity index (χ0v) is 29.6. The monoisotopic (exact) mass is 687 g/mol. The third-order valence-electron chi connectivity index (χ3n) is 8.95. The summed E-state index contributed by atoms with van der Waals surface area (Å²) in [6.07, 6.45) is 8.33. The average molecular weight is 690 g/mol. The molecule has 0 saturated carbocycles. The first-order valence-electron chi connectivity index (χ1n) is 14.9. The number of allylic oxidation sites excluding steroid dienone is 1. The number of aryl methyl sites for hydroxylation is 2. The van der Waals surface area contributed by atoms with Gasteiger partial charge < -0.3 is 24.8 Å². The fourth-order valence-corrected chi connectivity index (χ4v) is 7.03. The molecule has 0 spiro atoms. The van der Waals surface area contributed by atoms with Crippen molar-refractivity contribution >= 4 is 17.7 Å². The van der Waals surface area contributed by atoms with E-state index < -0.39 is 0 Å². The summed E-state index contributed by atoms with van der Waals surface area (Å²) in [5.41, 5.74) is 17.3. The fourth-order valence-electron chi connectivity index (χ4n) is 7.03. The summed E-state index contributed by atoms with van der Waals surface area (Å²) in [5, 5.41) is 2.61. The molecule has 44 heavy (non-hydrogen) atoms. The van der Waals surface area contributed by atoms with Crippen molar-refractivity contribution in [3.05, 3.63) is 169 Å². The van der Waals surface area contributed by atoms with Crippen LogP contribution < -0.4 is 35.3 Å². The van der Waals surface area contributed by atoms with Gasteiger partial charge in [0.1, 0.15) is 0 Å². The second-order valence-corrected chi connectivity index (χ2v) is 11.5. The molecule has 0 N–H and O–H groups in total. The predicted molar refractivity (Wildman–Crippen MR) is 174 cm³/mol. The van der Waals surface area contributed by atoms with Gasteiger partial charge in [-0.1, -0.05) is 145 Å². The summed E-state index contributed by atoms with van der Waals surface area (Å²) in [7, 11) is 0. The Morgan fingerprint density at radius 3 is 1.98 bits per heavy atom. The topological polar surface area (TPSA) is 0 Å². The van der Waals surface area contributed by atoms with Crippen molar-refractivity contribution in [3.63, 3.8) is 0 Å². The van der Waals surface area contributed by atoms with E-state index in [1.165, 1.54) is 82.8 Å². The Bertz CT molecular complexity index is 1930. The van der Waals surface area contributed by atoms with Crippen molar-refractivity contribution in [2.45, 2.75) is 46.5 Å². The van der Waals surface area contributed by atoms with Crippen LogP contribution in [0.1, 0.15) is 76.8 Å². The quantitative estimate of drug-likeness (QED) is 0.245. The smallest absolute Gasteiger partial charge is 1.00 e. The number of hydrogen-bond donors (Lipinski definition) is 0. The van der Waals surface area contributed by atoms with Gasteiger partial charge in [-0.25, -0.2) is 0 Å². The van der Waals surface area contributed by atoms with Crippen LogP contribution in [-0.2, 0) is 39.0 Å². The number of benzene rings is 5. The number of fused-ring (bicyclic) bond motifs is 4. The molecule has 1 unspecified atom stereocenters. The van der Waals surface area contributed by atoms with Crippen LogP contribution in [0.5, 0.6) is 0 Å². The largest absolute Gasteiger partial charge is 3.00 e. The maximum atomic E-state index is 3.94. The van der Waals surface area contributed by atoms with Gasteiger partial charge in [0.05, 0.1) is 0 Å². The summed E-state index contributed by atoms with van der Waals surface area (Å²) in [6.45, 7) is 9.06. The number of halogens is 2. The van der Waals surface area contributed by atoms with Crippen molar-refractivity contribution in [1.82, 2.24) is 0 Å². The maximum absolute atomic E-state index is 3.94. The van der Waals surface area contributed by atoms with Crippen molar-refractivity contribution in [2.24, 2.45) is 0 Å². The van der Waals surface area contributed by atoms with E-state index in [9.17, 15) is 0 Å². The molecule has 0 aliphatic heterocycles. The molecule has 217 valence electrons. The van der Waals surface area contributed by atoms with Crippen LogP contribution in [0.3, 0.4) is 0 Å². The molecule has 2 aliphatic rings. The molecule has 0 saturated heterocycles. The van der Waals surface area contributed by atoms with Crippen molar-refractivity contribution in [1.29, 1.82) is 0 Å². The molecule has 0 fully saturated rings.